The van der Waals surface area contributed by atoms with Gasteiger partial charge in [-0.05, 0) is 45.7 Å². The van der Waals surface area contributed by atoms with Crippen LogP contribution in [-0.4, -0.2) is 52.9 Å². The van der Waals surface area contributed by atoms with Crippen LogP contribution < -0.4 is 5.73 Å². The van der Waals surface area contributed by atoms with Gasteiger partial charge in [-0.1, -0.05) is 25.1 Å². The highest BCUT2D eigenvalue weighted by Crippen LogP contribution is 2.20. The highest BCUT2D eigenvalue weighted by molar-refractivity contribution is 7.80. The van der Waals surface area contributed by atoms with Crippen molar-refractivity contribution in [2.24, 2.45) is 11.7 Å². The average molecular weight is 297 g/mol. The Kier molecular flexibility index (Phi) is 5.78. The van der Waals surface area contributed by atoms with Gasteiger partial charge in [0.05, 0.1) is 11.0 Å². The molecular weight excluding hydrogens is 270 g/mol. The van der Waals surface area contributed by atoms with Gasteiger partial charge >= 0.3 is 0 Å². The maximum absolute atomic E-state index is 12.6. The normalized spacial score (nSPS) is 24.1. The van der Waals surface area contributed by atoms with Gasteiger partial charge in [-0.25, -0.2) is 0 Å². The third-order valence-corrected chi connectivity index (χ3v) is 5.09. The summed E-state index contributed by atoms with van der Waals surface area (Å²) in [4.78, 5) is 17.6. The molecule has 0 radical (unpaired) electrons. The lowest BCUT2D eigenvalue weighted by Gasteiger charge is -2.37. The molecule has 0 aromatic heterocycles. The first-order valence-electron chi connectivity index (χ1n) is 7.91. The fourth-order valence-electron chi connectivity index (χ4n) is 3.28. The lowest BCUT2D eigenvalue weighted by atomic mass is 9.96. The SMILES string of the molecule is CC(C(=O)N1CCCCCC1)N1CCC(C(N)=S)CC1. The van der Waals surface area contributed by atoms with E-state index in [-0.39, 0.29) is 6.04 Å². The van der Waals surface area contributed by atoms with Gasteiger partial charge in [0.25, 0.3) is 0 Å². The molecule has 0 aromatic carbocycles. The van der Waals surface area contributed by atoms with Crippen molar-refractivity contribution in [2.45, 2.75) is 51.5 Å². The maximum atomic E-state index is 12.6. The zero-order chi connectivity index (χ0) is 14.5. The molecule has 0 spiro atoms. The molecule has 2 fully saturated rings. The average Bonchev–Trinajstić information content (AvgIpc) is 2.75. The van der Waals surface area contributed by atoms with E-state index in [4.69, 9.17) is 18.0 Å². The van der Waals surface area contributed by atoms with Crippen molar-refractivity contribution in [1.29, 1.82) is 0 Å². The lowest BCUT2D eigenvalue weighted by molar-refractivity contribution is -0.136. The number of thiocarbonyl (C=S) groups is 1. The van der Waals surface area contributed by atoms with Gasteiger partial charge in [0, 0.05) is 19.0 Å². The number of hydrogen-bond acceptors (Lipinski definition) is 3. The lowest BCUT2D eigenvalue weighted by Crippen LogP contribution is -2.50. The van der Waals surface area contributed by atoms with Crippen LogP contribution in [0.5, 0.6) is 0 Å². The van der Waals surface area contributed by atoms with Crippen LogP contribution in [0.15, 0.2) is 0 Å². The summed E-state index contributed by atoms with van der Waals surface area (Å²) in [5, 5.41) is 0. The summed E-state index contributed by atoms with van der Waals surface area (Å²) in [5.41, 5.74) is 5.72. The van der Waals surface area contributed by atoms with Crippen LogP contribution in [0.3, 0.4) is 0 Å². The number of hydrogen-bond donors (Lipinski definition) is 1. The Hall–Kier alpha value is -0.680. The van der Waals surface area contributed by atoms with E-state index in [0.717, 1.165) is 51.9 Å². The maximum Gasteiger partial charge on any atom is 0.239 e. The Bertz CT molecular complexity index is 345. The quantitative estimate of drug-likeness (QED) is 0.807. The van der Waals surface area contributed by atoms with E-state index >= 15 is 0 Å². The largest absolute Gasteiger partial charge is 0.393 e. The van der Waals surface area contributed by atoms with Gasteiger partial charge in [0.2, 0.25) is 5.91 Å². The first kappa shape index (κ1) is 15.7. The van der Waals surface area contributed by atoms with Gasteiger partial charge in [0.15, 0.2) is 0 Å². The molecule has 2 aliphatic rings. The summed E-state index contributed by atoms with van der Waals surface area (Å²) in [6, 6.07) is 0.000367. The fourth-order valence-corrected chi connectivity index (χ4v) is 3.52. The monoisotopic (exact) mass is 297 g/mol. The Morgan fingerprint density at radius 1 is 1.10 bits per heavy atom. The zero-order valence-electron chi connectivity index (χ0n) is 12.5. The van der Waals surface area contributed by atoms with Gasteiger partial charge in [-0.15, -0.1) is 0 Å². The van der Waals surface area contributed by atoms with Crippen molar-refractivity contribution in [3.63, 3.8) is 0 Å². The standard InChI is InChI=1S/C15H27N3OS/c1-12(15(19)18-8-4-2-3-5-9-18)17-10-6-13(7-11-17)14(16)20/h12-13H,2-11H2,1H3,(H2,16,20). The molecule has 4 nitrogen and oxygen atoms in total. The molecular formula is C15H27N3OS. The van der Waals surface area contributed by atoms with Crippen LogP contribution in [0.2, 0.25) is 0 Å². The molecule has 2 heterocycles. The minimum absolute atomic E-state index is 0.000367. The first-order chi connectivity index (χ1) is 9.59. The molecule has 0 saturated carbocycles. The minimum atomic E-state index is 0.000367. The number of nitrogens with zero attached hydrogens (tertiary/aromatic N) is 2. The first-order valence-corrected chi connectivity index (χ1v) is 8.32. The second-order valence-electron chi connectivity index (χ2n) is 6.13. The van der Waals surface area contributed by atoms with Gasteiger partial charge in [-0.3, -0.25) is 9.69 Å². The molecule has 5 heteroatoms. The van der Waals surface area contributed by atoms with Crippen LogP contribution >= 0.6 is 12.2 Å². The summed E-state index contributed by atoms with van der Waals surface area (Å²) in [6.07, 6.45) is 6.82. The molecule has 0 aromatic rings. The van der Waals surface area contributed by atoms with Crippen LogP contribution in [0, 0.1) is 5.92 Å². The highest BCUT2D eigenvalue weighted by atomic mass is 32.1. The van der Waals surface area contributed by atoms with Crippen molar-refractivity contribution < 1.29 is 4.79 Å². The summed E-state index contributed by atoms with van der Waals surface area (Å²) in [7, 11) is 0. The van der Waals surface area contributed by atoms with Crippen molar-refractivity contribution in [3.05, 3.63) is 0 Å². The van der Waals surface area contributed by atoms with E-state index in [0.29, 0.717) is 16.8 Å². The number of carbonyl (C=O) groups excluding carboxylic acids is 1. The van der Waals surface area contributed by atoms with Gasteiger partial charge in [-0.2, -0.15) is 0 Å². The second-order valence-corrected chi connectivity index (χ2v) is 6.60. The van der Waals surface area contributed by atoms with Crippen LogP contribution in [0.4, 0.5) is 0 Å². The van der Waals surface area contributed by atoms with Crippen LogP contribution in [-0.2, 0) is 4.79 Å². The molecule has 2 N–H and O–H groups in total. The van der Waals surface area contributed by atoms with Crippen LogP contribution in [0.25, 0.3) is 0 Å². The summed E-state index contributed by atoms with van der Waals surface area (Å²) in [5.74, 6) is 0.669. The fraction of sp³-hybridized carbons (Fsp3) is 0.867. The van der Waals surface area contributed by atoms with E-state index in [9.17, 15) is 4.79 Å². The Labute approximate surface area is 127 Å². The van der Waals surface area contributed by atoms with E-state index in [2.05, 4.69) is 9.80 Å². The number of amides is 1. The molecule has 1 amide bonds. The molecule has 0 aliphatic carbocycles. The number of nitrogens with two attached hydrogens (primary N) is 1. The van der Waals surface area contributed by atoms with Crippen LogP contribution in [0.1, 0.15) is 45.4 Å². The Morgan fingerprint density at radius 3 is 2.15 bits per heavy atom. The van der Waals surface area contributed by atoms with Crippen molar-refractivity contribution >= 4 is 23.1 Å². The summed E-state index contributed by atoms with van der Waals surface area (Å²) >= 11 is 5.07. The number of piperidine rings is 1. The predicted octanol–water partition coefficient (Wildman–Crippen LogP) is 1.78. The van der Waals surface area contributed by atoms with Crippen molar-refractivity contribution in [1.82, 2.24) is 9.80 Å². The molecule has 2 saturated heterocycles. The molecule has 2 aliphatic heterocycles. The van der Waals surface area contributed by atoms with Gasteiger partial charge < -0.3 is 10.6 Å². The minimum Gasteiger partial charge on any atom is -0.393 e. The third-order valence-electron chi connectivity index (χ3n) is 4.75. The molecule has 114 valence electrons. The molecule has 2 rings (SSSR count). The molecule has 1 atom stereocenters. The molecule has 1 unspecified atom stereocenters. The number of likely N-dealkylation sites (tertiary alicyclic amines) is 2. The number of carbonyl (C=O) groups is 1. The zero-order valence-corrected chi connectivity index (χ0v) is 13.3. The predicted molar refractivity (Wildman–Crippen MR) is 85.6 cm³/mol. The van der Waals surface area contributed by atoms with E-state index in [1.807, 2.05) is 6.92 Å². The second kappa shape index (κ2) is 7.36. The highest BCUT2D eigenvalue weighted by Gasteiger charge is 2.30. The van der Waals surface area contributed by atoms with Gasteiger partial charge in [0.1, 0.15) is 0 Å². The molecule has 0 bridgehead atoms. The van der Waals surface area contributed by atoms with E-state index < -0.39 is 0 Å². The summed E-state index contributed by atoms with van der Waals surface area (Å²) < 4.78 is 0. The van der Waals surface area contributed by atoms with Crippen molar-refractivity contribution in [2.75, 3.05) is 26.2 Å². The Balaban J connectivity index is 1.85. The smallest absolute Gasteiger partial charge is 0.239 e. The Morgan fingerprint density at radius 2 is 1.65 bits per heavy atom. The topological polar surface area (TPSA) is 49.6 Å². The van der Waals surface area contributed by atoms with E-state index in [1.165, 1.54) is 12.8 Å². The van der Waals surface area contributed by atoms with Crippen molar-refractivity contribution in [3.8, 4) is 0 Å². The summed E-state index contributed by atoms with van der Waals surface area (Å²) in [6.45, 7) is 5.79. The number of rotatable bonds is 3. The van der Waals surface area contributed by atoms with E-state index in [1.54, 1.807) is 0 Å². The third kappa shape index (κ3) is 3.92. The molecule has 20 heavy (non-hydrogen) atoms.